The van der Waals surface area contributed by atoms with Crippen LogP contribution in [0.15, 0.2) is 132 Å². The molecule has 0 aliphatic carbocycles. The van der Waals surface area contributed by atoms with E-state index in [1.54, 1.807) is 18.2 Å². The van der Waals surface area contributed by atoms with Gasteiger partial charge in [0.15, 0.2) is 0 Å². The molecule has 0 aliphatic heterocycles. The number of carbonyl (C=O) groups excluding carboxylic acids is 1. The van der Waals surface area contributed by atoms with Crippen LogP contribution in [0.5, 0.6) is 0 Å². The Kier molecular flexibility index (Phi) is 7.63. The topological polar surface area (TPSA) is 75.3 Å². The molecule has 0 radical (unpaired) electrons. The minimum Gasteiger partial charge on any atom is -0.324 e. The van der Waals surface area contributed by atoms with Gasteiger partial charge >= 0.3 is 0 Å². The van der Waals surface area contributed by atoms with Crippen molar-refractivity contribution in [3.05, 3.63) is 144 Å². The fourth-order valence-electron chi connectivity index (χ4n) is 4.46. The standard InChI is InChI=1S/C32H28N2O3S/c35-32(33-30-18-10-9-17-28(30)21-24-11-3-1-4-12-24)31(22-25-13-5-2-6-14-25)34-38(36,37)29-20-19-26-15-7-8-16-27(26)23-29/h1-20,23,31,34H,21-22H2,(H,33,35). The predicted octanol–water partition coefficient (Wildman–Crippen LogP) is 5.96. The van der Waals surface area contributed by atoms with Crippen LogP contribution in [0.1, 0.15) is 16.7 Å². The number of hydrogen-bond acceptors (Lipinski definition) is 3. The number of amides is 1. The average molecular weight is 521 g/mol. The zero-order valence-corrected chi connectivity index (χ0v) is 21.6. The highest BCUT2D eigenvalue weighted by Crippen LogP contribution is 2.22. The second-order valence-corrected chi connectivity index (χ2v) is 10.9. The maximum atomic E-state index is 13.6. The van der Waals surface area contributed by atoms with Gasteiger partial charge in [-0.2, -0.15) is 4.72 Å². The quantitative estimate of drug-likeness (QED) is 0.252. The number of para-hydroxylation sites is 1. The molecule has 2 N–H and O–H groups in total. The third-order valence-electron chi connectivity index (χ3n) is 6.44. The molecule has 5 rings (SSSR count). The molecular formula is C32H28N2O3S. The van der Waals surface area contributed by atoms with E-state index in [0.717, 1.165) is 27.5 Å². The molecule has 0 saturated heterocycles. The van der Waals surface area contributed by atoms with Crippen LogP contribution in [0.2, 0.25) is 0 Å². The lowest BCUT2D eigenvalue weighted by Crippen LogP contribution is -2.45. The Morgan fingerprint density at radius 1 is 0.658 bits per heavy atom. The minimum absolute atomic E-state index is 0.117. The molecule has 5 nitrogen and oxygen atoms in total. The van der Waals surface area contributed by atoms with E-state index in [2.05, 4.69) is 10.0 Å². The summed E-state index contributed by atoms with van der Waals surface area (Å²) in [7, 11) is -3.98. The number of rotatable bonds is 9. The first-order chi connectivity index (χ1) is 18.5. The van der Waals surface area contributed by atoms with Crippen molar-refractivity contribution in [1.82, 2.24) is 4.72 Å². The van der Waals surface area contributed by atoms with Crippen molar-refractivity contribution in [2.45, 2.75) is 23.8 Å². The van der Waals surface area contributed by atoms with E-state index in [4.69, 9.17) is 0 Å². The van der Waals surface area contributed by atoms with Crippen molar-refractivity contribution in [3.8, 4) is 0 Å². The predicted molar refractivity (Wildman–Crippen MR) is 153 cm³/mol. The summed E-state index contributed by atoms with van der Waals surface area (Å²) in [5, 5.41) is 4.75. The third-order valence-corrected chi connectivity index (χ3v) is 7.91. The molecule has 0 spiro atoms. The van der Waals surface area contributed by atoms with Crippen LogP contribution in [0, 0.1) is 0 Å². The summed E-state index contributed by atoms with van der Waals surface area (Å²) in [5.74, 6) is -0.418. The zero-order chi connectivity index (χ0) is 26.4. The first kappa shape index (κ1) is 25.4. The largest absolute Gasteiger partial charge is 0.324 e. The number of nitrogens with one attached hydrogen (secondary N) is 2. The smallest absolute Gasteiger partial charge is 0.242 e. The van der Waals surface area contributed by atoms with Crippen molar-refractivity contribution >= 4 is 32.4 Å². The first-order valence-electron chi connectivity index (χ1n) is 12.5. The summed E-state index contributed by atoms with van der Waals surface area (Å²) < 4.78 is 29.6. The van der Waals surface area contributed by atoms with Crippen LogP contribution >= 0.6 is 0 Å². The maximum absolute atomic E-state index is 13.6. The van der Waals surface area contributed by atoms with Gasteiger partial charge in [-0.05, 0) is 58.5 Å². The zero-order valence-electron chi connectivity index (χ0n) is 20.7. The molecule has 190 valence electrons. The number of benzene rings is 5. The van der Waals surface area contributed by atoms with Crippen LogP contribution in [-0.4, -0.2) is 20.4 Å². The molecule has 1 unspecified atom stereocenters. The summed E-state index contributed by atoms with van der Waals surface area (Å²) in [6.45, 7) is 0. The van der Waals surface area contributed by atoms with Gasteiger partial charge in [-0.15, -0.1) is 0 Å². The molecule has 5 aromatic carbocycles. The van der Waals surface area contributed by atoms with Crippen LogP contribution in [0.25, 0.3) is 10.8 Å². The van der Waals surface area contributed by atoms with Crippen LogP contribution in [-0.2, 0) is 27.7 Å². The Morgan fingerprint density at radius 2 is 1.26 bits per heavy atom. The molecule has 5 aromatic rings. The van der Waals surface area contributed by atoms with Gasteiger partial charge in [-0.3, -0.25) is 4.79 Å². The SMILES string of the molecule is O=C(Nc1ccccc1Cc1ccccc1)C(Cc1ccccc1)NS(=O)(=O)c1ccc2ccccc2c1. The second kappa shape index (κ2) is 11.4. The van der Waals surface area contributed by atoms with E-state index >= 15 is 0 Å². The lowest BCUT2D eigenvalue weighted by molar-refractivity contribution is -0.117. The molecule has 1 atom stereocenters. The highest BCUT2D eigenvalue weighted by molar-refractivity contribution is 7.89. The Bertz CT molecular complexity index is 1650. The van der Waals surface area contributed by atoms with E-state index in [0.29, 0.717) is 12.1 Å². The van der Waals surface area contributed by atoms with Crippen molar-refractivity contribution in [1.29, 1.82) is 0 Å². The molecule has 0 aliphatic rings. The van der Waals surface area contributed by atoms with E-state index < -0.39 is 22.0 Å². The summed E-state index contributed by atoms with van der Waals surface area (Å²) in [4.78, 5) is 13.7. The van der Waals surface area contributed by atoms with Gasteiger partial charge in [-0.25, -0.2) is 8.42 Å². The van der Waals surface area contributed by atoms with Gasteiger partial charge in [0.2, 0.25) is 15.9 Å². The molecule has 0 bridgehead atoms. The molecule has 0 heterocycles. The number of anilines is 1. The molecule has 6 heteroatoms. The van der Waals surface area contributed by atoms with Crippen LogP contribution in [0.4, 0.5) is 5.69 Å². The highest BCUT2D eigenvalue weighted by Gasteiger charge is 2.27. The van der Waals surface area contributed by atoms with Crippen molar-refractivity contribution < 1.29 is 13.2 Å². The van der Waals surface area contributed by atoms with E-state index in [1.165, 1.54) is 0 Å². The Balaban J connectivity index is 1.42. The normalized spacial score (nSPS) is 12.2. The average Bonchev–Trinajstić information content (AvgIpc) is 2.94. The van der Waals surface area contributed by atoms with Crippen molar-refractivity contribution in [2.24, 2.45) is 0 Å². The molecule has 38 heavy (non-hydrogen) atoms. The van der Waals surface area contributed by atoms with Gasteiger partial charge in [0.1, 0.15) is 6.04 Å². The summed E-state index contributed by atoms with van der Waals surface area (Å²) in [6.07, 6.45) is 0.851. The molecule has 0 aromatic heterocycles. The number of carbonyl (C=O) groups is 1. The lowest BCUT2D eigenvalue weighted by Gasteiger charge is -2.20. The van der Waals surface area contributed by atoms with Gasteiger partial charge in [0.25, 0.3) is 0 Å². The van der Waals surface area contributed by atoms with E-state index in [-0.39, 0.29) is 11.3 Å². The summed E-state index contributed by atoms with van der Waals surface area (Å²) in [6, 6.07) is 38.5. The molecule has 0 fully saturated rings. The fourth-order valence-corrected chi connectivity index (χ4v) is 5.69. The van der Waals surface area contributed by atoms with Gasteiger partial charge < -0.3 is 5.32 Å². The second-order valence-electron chi connectivity index (χ2n) is 9.18. The van der Waals surface area contributed by atoms with Crippen molar-refractivity contribution in [2.75, 3.05) is 5.32 Å². The van der Waals surface area contributed by atoms with Gasteiger partial charge in [-0.1, -0.05) is 109 Å². The van der Waals surface area contributed by atoms with E-state index in [1.807, 2.05) is 109 Å². The monoisotopic (exact) mass is 520 g/mol. The Labute approximate surface area is 223 Å². The first-order valence-corrected chi connectivity index (χ1v) is 13.9. The van der Waals surface area contributed by atoms with Gasteiger partial charge in [0, 0.05) is 5.69 Å². The Hall–Kier alpha value is -4.26. The van der Waals surface area contributed by atoms with E-state index in [9.17, 15) is 13.2 Å². The number of hydrogen-bond donors (Lipinski definition) is 2. The minimum atomic E-state index is -3.98. The van der Waals surface area contributed by atoms with Crippen LogP contribution < -0.4 is 10.0 Å². The summed E-state index contributed by atoms with van der Waals surface area (Å²) in [5.41, 5.74) is 3.57. The van der Waals surface area contributed by atoms with Crippen LogP contribution in [0.3, 0.4) is 0 Å². The maximum Gasteiger partial charge on any atom is 0.242 e. The summed E-state index contributed by atoms with van der Waals surface area (Å²) >= 11 is 0. The molecule has 1 amide bonds. The molecule has 0 saturated carbocycles. The number of sulfonamides is 1. The number of fused-ring (bicyclic) bond motifs is 1. The fraction of sp³-hybridized carbons (Fsp3) is 0.0938. The van der Waals surface area contributed by atoms with Crippen molar-refractivity contribution in [3.63, 3.8) is 0 Å². The van der Waals surface area contributed by atoms with Gasteiger partial charge in [0.05, 0.1) is 4.90 Å². The molecular weight excluding hydrogens is 492 g/mol. The lowest BCUT2D eigenvalue weighted by atomic mass is 10.0. The highest BCUT2D eigenvalue weighted by atomic mass is 32.2. The Morgan fingerprint density at radius 3 is 2.00 bits per heavy atom. The third kappa shape index (κ3) is 6.17.